The molecule has 0 N–H and O–H groups in total. The predicted octanol–water partition coefficient (Wildman–Crippen LogP) is 7.46. The summed E-state index contributed by atoms with van der Waals surface area (Å²) >= 11 is 0. The number of hydrogen-bond donors (Lipinski definition) is 0. The van der Waals surface area contributed by atoms with E-state index in [1.54, 1.807) is 182 Å². The van der Waals surface area contributed by atoms with E-state index in [9.17, 15) is 28.4 Å². The van der Waals surface area contributed by atoms with Crippen LogP contribution in [0.5, 0.6) is 34.5 Å². The summed E-state index contributed by atoms with van der Waals surface area (Å²) in [6.07, 6.45) is 0. The van der Waals surface area contributed by atoms with Crippen LogP contribution in [0.4, 0.5) is 0 Å². The Balaban J connectivity index is 0.000000208. The molecule has 6 aromatic carbocycles. The van der Waals surface area contributed by atoms with Crippen molar-refractivity contribution in [3.8, 4) is 34.5 Å². The van der Waals surface area contributed by atoms with Gasteiger partial charge in [0.15, 0.2) is 0 Å². The van der Waals surface area contributed by atoms with Crippen molar-refractivity contribution >= 4 is 40.8 Å². The molecule has 0 aliphatic heterocycles. The number of phosphoric ester groups is 3. The maximum Gasteiger partial charge on any atom is 3.00 e. The average molecular weight is 775 g/mol. The third kappa shape index (κ3) is 16.5. The normalized spacial score (nSPS) is 10.7. The third-order valence-electron chi connectivity index (χ3n) is 5.76. The van der Waals surface area contributed by atoms with Crippen LogP contribution in [0.1, 0.15) is 0 Å². The number of rotatable bonds is 12. The van der Waals surface area contributed by atoms with Gasteiger partial charge in [-0.25, -0.2) is 13.7 Å². The molecule has 0 spiro atoms. The molecule has 0 fully saturated rings. The van der Waals surface area contributed by atoms with Crippen molar-refractivity contribution in [1.29, 1.82) is 0 Å². The number of para-hydroxylation sites is 6. The van der Waals surface area contributed by atoms with E-state index >= 15 is 0 Å². The molecule has 0 aliphatic rings. The van der Waals surface area contributed by atoms with Gasteiger partial charge in [0.05, 0.1) is 0 Å². The molecule has 0 radical (unpaired) electrons. The molecule has 16 heteroatoms. The van der Waals surface area contributed by atoms with Crippen LogP contribution in [0.3, 0.4) is 0 Å². The van der Waals surface area contributed by atoms with Gasteiger partial charge in [-0.05, 0) is 72.8 Å². The van der Waals surface area contributed by atoms with E-state index in [2.05, 4.69) is 0 Å². The Morgan fingerprint density at radius 2 is 0.385 bits per heavy atom. The standard InChI is InChI=1S/3C12H11O4P.Al/c3*13-17(14,15-11-7-3-1-4-8-11)16-12-9-5-2-6-10-12;/h3*1-10H,(H,13,14);/q;;;+3/p-3. The molecule has 12 nitrogen and oxygen atoms in total. The Morgan fingerprint density at radius 3 is 0.500 bits per heavy atom. The molecule has 0 amide bonds. The SMILES string of the molecule is O=P([O-])(Oc1ccccc1)Oc1ccccc1.O=P([O-])(Oc1ccccc1)Oc1ccccc1.O=P([O-])(Oc1ccccc1)Oc1ccccc1.[Al+3]. The second kappa shape index (κ2) is 20.9. The summed E-state index contributed by atoms with van der Waals surface area (Å²) < 4.78 is 63.4. The van der Waals surface area contributed by atoms with Gasteiger partial charge in [0.1, 0.15) is 34.5 Å². The number of benzene rings is 6. The first-order chi connectivity index (χ1) is 24.5. The summed E-state index contributed by atoms with van der Waals surface area (Å²) in [6, 6.07) is 49.2. The van der Waals surface area contributed by atoms with Crippen LogP contribution in [0.25, 0.3) is 0 Å². The van der Waals surface area contributed by atoms with Crippen LogP contribution in [0, 0.1) is 0 Å². The number of phosphoric acid groups is 3. The fraction of sp³-hybridized carbons (Fsp3) is 0. The average Bonchev–Trinajstić information content (AvgIpc) is 3.10. The van der Waals surface area contributed by atoms with Crippen molar-refractivity contribution in [3.05, 3.63) is 182 Å². The molecule has 52 heavy (non-hydrogen) atoms. The predicted molar refractivity (Wildman–Crippen MR) is 191 cm³/mol. The van der Waals surface area contributed by atoms with Gasteiger partial charge < -0.3 is 41.8 Å². The van der Waals surface area contributed by atoms with Crippen LogP contribution >= 0.6 is 23.5 Å². The summed E-state index contributed by atoms with van der Waals surface area (Å²) in [5.41, 5.74) is 0. The van der Waals surface area contributed by atoms with Gasteiger partial charge >= 0.3 is 40.8 Å². The topological polar surface area (TPSA) is 176 Å². The maximum absolute atomic E-state index is 11.6. The zero-order valence-electron chi connectivity index (χ0n) is 27.1. The monoisotopic (exact) mass is 774 g/mol. The second-order valence-corrected chi connectivity index (χ2v) is 13.5. The Hall–Kier alpha value is -4.78. The molecule has 264 valence electrons. The van der Waals surface area contributed by atoms with Gasteiger partial charge in [-0.3, -0.25) is 0 Å². The largest absolute Gasteiger partial charge is 3.00 e. The molecule has 6 aromatic rings. The van der Waals surface area contributed by atoms with Gasteiger partial charge in [-0.15, -0.1) is 0 Å². The molecule has 0 aliphatic carbocycles. The Morgan fingerprint density at radius 1 is 0.269 bits per heavy atom. The van der Waals surface area contributed by atoms with E-state index in [4.69, 9.17) is 27.1 Å². The fourth-order valence-corrected chi connectivity index (χ4v) is 6.11. The van der Waals surface area contributed by atoms with Crippen LogP contribution in [0.15, 0.2) is 182 Å². The summed E-state index contributed by atoms with van der Waals surface area (Å²) in [6.45, 7) is 0. The molecular formula is C36H30AlO12P3. The van der Waals surface area contributed by atoms with E-state index < -0.39 is 23.5 Å². The van der Waals surface area contributed by atoms with E-state index in [1.807, 2.05) is 0 Å². The number of hydrogen-bond acceptors (Lipinski definition) is 12. The zero-order valence-corrected chi connectivity index (χ0v) is 31.0. The summed E-state index contributed by atoms with van der Waals surface area (Å²) in [5.74, 6) is 1.34. The van der Waals surface area contributed by atoms with Gasteiger partial charge in [-0.2, -0.15) is 0 Å². The summed E-state index contributed by atoms with van der Waals surface area (Å²) in [5, 5.41) is 0. The first-order valence-electron chi connectivity index (χ1n) is 14.9. The quantitative estimate of drug-likeness (QED) is 0.0888. The smallest absolute Gasteiger partial charge is 0.736 e. The Kier molecular flexibility index (Phi) is 16.8. The van der Waals surface area contributed by atoms with Crippen molar-refractivity contribution in [2.24, 2.45) is 0 Å². The van der Waals surface area contributed by atoms with Crippen LogP contribution in [0.2, 0.25) is 0 Å². The van der Waals surface area contributed by atoms with Crippen LogP contribution < -0.4 is 41.8 Å². The van der Waals surface area contributed by atoms with E-state index in [0.29, 0.717) is 0 Å². The Bertz CT molecular complexity index is 1640. The van der Waals surface area contributed by atoms with Gasteiger partial charge in [0.2, 0.25) is 0 Å². The van der Waals surface area contributed by atoms with E-state index in [-0.39, 0.29) is 51.9 Å². The van der Waals surface area contributed by atoms with Crippen molar-refractivity contribution in [1.82, 2.24) is 0 Å². The van der Waals surface area contributed by atoms with E-state index in [1.165, 1.54) is 0 Å². The molecule has 0 saturated carbocycles. The third-order valence-corrected chi connectivity index (χ3v) is 8.37. The van der Waals surface area contributed by atoms with Crippen LogP contribution in [-0.2, 0) is 13.7 Å². The van der Waals surface area contributed by atoms with Crippen LogP contribution in [-0.4, -0.2) is 17.4 Å². The second-order valence-electron chi connectivity index (χ2n) is 9.77. The first kappa shape index (κ1) is 41.6. The molecule has 0 heterocycles. The molecule has 6 rings (SSSR count). The maximum atomic E-state index is 11.6. The minimum Gasteiger partial charge on any atom is -0.736 e. The Labute approximate surface area is 311 Å². The minimum atomic E-state index is -4.39. The molecule has 0 bridgehead atoms. The molecule has 0 unspecified atom stereocenters. The van der Waals surface area contributed by atoms with Gasteiger partial charge in [0, 0.05) is 0 Å². The van der Waals surface area contributed by atoms with Crippen molar-refractivity contribution in [2.75, 3.05) is 0 Å². The van der Waals surface area contributed by atoms with Crippen molar-refractivity contribution in [3.63, 3.8) is 0 Å². The molecular weight excluding hydrogens is 744 g/mol. The van der Waals surface area contributed by atoms with Crippen molar-refractivity contribution < 1.29 is 55.5 Å². The first-order valence-corrected chi connectivity index (χ1v) is 19.3. The molecule has 0 aromatic heterocycles. The zero-order chi connectivity index (χ0) is 36.4. The fourth-order valence-electron chi connectivity index (χ4n) is 3.72. The van der Waals surface area contributed by atoms with Crippen molar-refractivity contribution in [2.45, 2.75) is 0 Å². The molecule has 0 atom stereocenters. The van der Waals surface area contributed by atoms with E-state index in [0.717, 1.165) is 0 Å². The summed E-state index contributed by atoms with van der Waals surface area (Å²) in [7, 11) is -13.2. The van der Waals surface area contributed by atoms with Gasteiger partial charge in [0.25, 0.3) is 0 Å². The summed E-state index contributed by atoms with van der Waals surface area (Å²) in [4.78, 5) is 34.7. The van der Waals surface area contributed by atoms with Gasteiger partial charge in [-0.1, -0.05) is 109 Å². The minimum absolute atomic E-state index is 0. The molecule has 0 saturated heterocycles.